The topological polar surface area (TPSA) is 172 Å². The fourth-order valence-electron chi connectivity index (χ4n) is 7.30. The molecule has 0 spiro atoms. The van der Waals surface area contributed by atoms with Gasteiger partial charge in [-0.25, -0.2) is 4.57 Å². The third kappa shape index (κ3) is 44.6. The molecule has 0 aliphatic rings. The summed E-state index contributed by atoms with van der Waals surface area (Å²) in [5.41, 5.74) is 5.35. The third-order valence-electron chi connectivity index (χ3n) is 11.3. The van der Waals surface area contributed by atoms with Gasteiger partial charge in [0.05, 0.1) is 13.2 Å². The van der Waals surface area contributed by atoms with Gasteiger partial charge < -0.3 is 25.2 Å². The number of hydrogen-bond acceptors (Lipinski definition) is 9. The van der Waals surface area contributed by atoms with Crippen LogP contribution in [0.4, 0.5) is 0 Å². The lowest BCUT2D eigenvalue weighted by molar-refractivity contribution is -0.161. The van der Waals surface area contributed by atoms with Crippen LogP contribution in [0.2, 0.25) is 0 Å². The molecule has 4 N–H and O–H groups in total. The van der Waals surface area contributed by atoms with Crippen molar-refractivity contribution in [1.29, 1.82) is 0 Å². The van der Waals surface area contributed by atoms with Gasteiger partial charge in [-0.15, -0.1) is 0 Å². The Labute approximate surface area is 373 Å². The van der Waals surface area contributed by atoms with Crippen molar-refractivity contribution in [3.63, 3.8) is 0 Å². The van der Waals surface area contributed by atoms with Crippen molar-refractivity contribution < 1.29 is 47.5 Å². The van der Waals surface area contributed by atoms with E-state index in [0.717, 1.165) is 38.5 Å². The molecule has 0 aromatic carbocycles. The largest absolute Gasteiger partial charge is 0.480 e. The van der Waals surface area contributed by atoms with Gasteiger partial charge in [0.25, 0.3) is 0 Å². The minimum atomic E-state index is -4.72. The number of esters is 2. The number of carbonyl (C=O) groups is 3. The van der Waals surface area contributed by atoms with Crippen molar-refractivity contribution in [2.24, 2.45) is 5.73 Å². The number of nitrogens with two attached hydrogens (primary N) is 1. The predicted octanol–water partition coefficient (Wildman–Crippen LogP) is 14.0. The number of unbranched alkanes of at least 4 members (excludes halogenated alkanes) is 32. The molecule has 0 heterocycles. The smallest absolute Gasteiger partial charge is 0.472 e. The van der Waals surface area contributed by atoms with Crippen molar-refractivity contribution in [3.8, 4) is 0 Å². The highest BCUT2D eigenvalue weighted by atomic mass is 31.2. The van der Waals surface area contributed by atoms with Crippen molar-refractivity contribution in [2.75, 3.05) is 19.8 Å². The van der Waals surface area contributed by atoms with Crippen LogP contribution in [0.25, 0.3) is 0 Å². The number of hydrogen-bond donors (Lipinski definition) is 3. The maximum absolute atomic E-state index is 12.7. The van der Waals surface area contributed by atoms with E-state index in [0.29, 0.717) is 12.8 Å². The molecule has 12 heteroatoms. The Bertz CT molecular complexity index is 1090. The van der Waals surface area contributed by atoms with Crippen LogP contribution in [0.1, 0.15) is 251 Å². The molecular weight excluding hydrogens is 794 g/mol. The molecule has 0 radical (unpaired) electrons. The summed E-state index contributed by atoms with van der Waals surface area (Å²) in [5.74, 6) is -2.36. The minimum absolute atomic E-state index is 0.167. The second kappa shape index (κ2) is 44.8. The van der Waals surface area contributed by atoms with Crippen LogP contribution < -0.4 is 5.73 Å². The molecule has 360 valence electrons. The zero-order valence-corrected chi connectivity index (χ0v) is 40.2. The van der Waals surface area contributed by atoms with Crippen LogP contribution >= 0.6 is 7.82 Å². The van der Waals surface area contributed by atoms with Crippen LogP contribution in [0.5, 0.6) is 0 Å². The molecule has 0 amide bonds. The Kier molecular flexibility index (Phi) is 43.5. The number of aliphatic carboxylic acids is 1. The first-order valence-corrected chi connectivity index (χ1v) is 26.7. The normalized spacial score (nSPS) is 13.6. The fourth-order valence-corrected chi connectivity index (χ4v) is 8.08. The number of rotatable bonds is 48. The Morgan fingerprint density at radius 2 is 0.820 bits per heavy atom. The van der Waals surface area contributed by atoms with E-state index in [9.17, 15) is 23.8 Å². The van der Waals surface area contributed by atoms with Gasteiger partial charge in [-0.05, 0) is 38.5 Å². The van der Waals surface area contributed by atoms with Crippen molar-refractivity contribution in [1.82, 2.24) is 0 Å². The third-order valence-corrected chi connectivity index (χ3v) is 12.2. The summed E-state index contributed by atoms with van der Waals surface area (Å²) in [6, 6.07) is -1.52. The van der Waals surface area contributed by atoms with Crippen LogP contribution in [-0.2, 0) is 37.5 Å². The molecule has 0 aliphatic heterocycles. The Balaban J connectivity index is 4.23. The molecule has 0 saturated heterocycles. The highest BCUT2D eigenvalue weighted by Crippen LogP contribution is 2.43. The number of carbonyl (C=O) groups excluding carboxylic acids is 2. The van der Waals surface area contributed by atoms with Crippen LogP contribution in [-0.4, -0.2) is 59.9 Å². The lowest BCUT2D eigenvalue weighted by Crippen LogP contribution is -2.34. The van der Waals surface area contributed by atoms with Crippen molar-refractivity contribution in [2.45, 2.75) is 264 Å². The van der Waals surface area contributed by atoms with E-state index in [1.165, 1.54) is 173 Å². The molecule has 0 fully saturated rings. The molecular formula is C49H94NO10P. The number of carboxylic acids is 1. The first kappa shape index (κ1) is 59.2. The average Bonchev–Trinajstić information content (AvgIpc) is 3.24. The number of carboxylic acid groups (broad SMARTS) is 1. The van der Waals surface area contributed by atoms with E-state index in [2.05, 4.69) is 30.5 Å². The van der Waals surface area contributed by atoms with E-state index in [1.54, 1.807) is 0 Å². The van der Waals surface area contributed by atoms with Gasteiger partial charge in [0.15, 0.2) is 6.10 Å². The molecule has 0 aromatic rings. The SMILES string of the molecule is CCCCCCCC/C=C/CCCCCCCCCCCC(=O)OC[C@H](COP(=O)(O)OC[C@H](N)C(=O)O)OC(=O)CCCCCCCCCCCCCCCCCCCC. The minimum Gasteiger partial charge on any atom is -0.480 e. The standard InChI is InChI=1S/C49H94NO10P/c1-3-5-7-9-11-13-15-17-19-21-23-25-26-28-30-32-34-36-38-40-47(51)57-42-45(43-58-61(55,56)59-44-46(50)49(53)54)60-48(52)41-39-37-35-33-31-29-27-24-22-20-18-16-14-12-10-8-6-4-2/h17,19,45-46H,3-16,18,20-44,50H2,1-2H3,(H,53,54)(H,55,56)/b19-17+/t45-,46+/m1/s1. The highest BCUT2D eigenvalue weighted by molar-refractivity contribution is 7.47. The van der Waals surface area contributed by atoms with Crippen LogP contribution in [0.3, 0.4) is 0 Å². The predicted molar refractivity (Wildman–Crippen MR) is 249 cm³/mol. The summed E-state index contributed by atoms with van der Waals surface area (Å²) < 4.78 is 32.8. The van der Waals surface area contributed by atoms with Gasteiger partial charge in [0.1, 0.15) is 12.6 Å². The van der Waals surface area contributed by atoms with Crippen molar-refractivity contribution in [3.05, 3.63) is 12.2 Å². The zero-order valence-electron chi connectivity index (χ0n) is 39.3. The second-order valence-electron chi connectivity index (χ2n) is 17.3. The number of allylic oxidation sites excluding steroid dienone is 2. The summed E-state index contributed by atoms with van der Waals surface area (Å²) in [7, 11) is -4.72. The van der Waals surface area contributed by atoms with Gasteiger partial charge in [0.2, 0.25) is 0 Å². The van der Waals surface area contributed by atoms with Gasteiger partial charge in [-0.3, -0.25) is 23.4 Å². The number of phosphoric ester groups is 1. The maximum Gasteiger partial charge on any atom is 0.472 e. The van der Waals surface area contributed by atoms with E-state index in [-0.39, 0.29) is 19.4 Å². The first-order valence-electron chi connectivity index (χ1n) is 25.2. The lowest BCUT2D eigenvalue weighted by atomic mass is 10.0. The first-order chi connectivity index (χ1) is 29.6. The summed E-state index contributed by atoms with van der Waals surface area (Å²) >= 11 is 0. The van der Waals surface area contributed by atoms with Crippen LogP contribution in [0, 0.1) is 0 Å². The van der Waals surface area contributed by atoms with Gasteiger partial charge in [-0.2, -0.15) is 0 Å². The molecule has 1 unspecified atom stereocenters. The van der Waals surface area contributed by atoms with Gasteiger partial charge in [0, 0.05) is 12.8 Å². The van der Waals surface area contributed by atoms with Crippen LogP contribution in [0.15, 0.2) is 12.2 Å². The van der Waals surface area contributed by atoms with E-state index in [1.807, 2.05) is 0 Å². The molecule has 11 nitrogen and oxygen atoms in total. The Morgan fingerprint density at radius 3 is 1.20 bits per heavy atom. The van der Waals surface area contributed by atoms with E-state index < -0.39 is 51.1 Å². The molecule has 0 aliphatic carbocycles. The molecule has 0 saturated carbocycles. The van der Waals surface area contributed by atoms with E-state index >= 15 is 0 Å². The monoisotopic (exact) mass is 888 g/mol. The Morgan fingerprint density at radius 1 is 0.492 bits per heavy atom. The molecule has 3 atom stereocenters. The summed E-state index contributed by atoms with van der Waals surface area (Å²) in [5, 5.41) is 8.91. The fraction of sp³-hybridized carbons (Fsp3) is 0.898. The summed E-state index contributed by atoms with van der Waals surface area (Å²) in [6.07, 6.45) is 47.0. The van der Waals surface area contributed by atoms with E-state index in [4.69, 9.17) is 24.8 Å². The molecule has 0 bridgehead atoms. The highest BCUT2D eigenvalue weighted by Gasteiger charge is 2.28. The summed E-state index contributed by atoms with van der Waals surface area (Å²) in [6.45, 7) is 2.85. The zero-order chi connectivity index (χ0) is 44.9. The molecule has 61 heavy (non-hydrogen) atoms. The molecule has 0 rings (SSSR count). The van der Waals surface area contributed by atoms with Gasteiger partial charge >= 0.3 is 25.7 Å². The lowest BCUT2D eigenvalue weighted by Gasteiger charge is -2.20. The number of phosphoric acid groups is 1. The summed E-state index contributed by atoms with van der Waals surface area (Å²) in [4.78, 5) is 46.1. The molecule has 0 aromatic heterocycles. The van der Waals surface area contributed by atoms with Crippen molar-refractivity contribution >= 4 is 25.7 Å². The average molecular weight is 888 g/mol. The quantitative estimate of drug-likeness (QED) is 0.0230. The van der Waals surface area contributed by atoms with Gasteiger partial charge in [-0.1, -0.05) is 212 Å². The number of ether oxygens (including phenoxy) is 2. The second-order valence-corrected chi connectivity index (χ2v) is 18.8. The Hall–Kier alpha value is -1.78. The maximum atomic E-state index is 12.7.